The molecule has 3 nitrogen and oxygen atoms in total. The van der Waals surface area contributed by atoms with Crippen LogP contribution in [0.15, 0.2) is 24.3 Å². The molecule has 1 aromatic rings. The summed E-state index contributed by atoms with van der Waals surface area (Å²) in [6.07, 6.45) is 0. The number of hydrogen-bond acceptors (Lipinski definition) is 2. The molecule has 18 heavy (non-hydrogen) atoms. The van der Waals surface area contributed by atoms with Crippen LogP contribution in [0.1, 0.15) is 31.9 Å². The van der Waals surface area contributed by atoms with Gasteiger partial charge in [0.15, 0.2) is 0 Å². The summed E-state index contributed by atoms with van der Waals surface area (Å²) < 4.78 is 0. The van der Waals surface area contributed by atoms with Gasteiger partial charge in [-0.3, -0.25) is 4.79 Å². The molecular weight excluding hydrogens is 224 g/mol. The monoisotopic (exact) mass is 248 g/mol. The Labute approximate surface area is 110 Å². The van der Waals surface area contributed by atoms with Crippen LogP contribution in [0.2, 0.25) is 0 Å². The zero-order chi connectivity index (χ0) is 13.8. The summed E-state index contributed by atoms with van der Waals surface area (Å²) in [5.74, 6) is -0.100. The van der Waals surface area contributed by atoms with Crippen LogP contribution in [-0.2, 0) is 10.2 Å². The second-order valence-corrected chi connectivity index (χ2v) is 5.55. The summed E-state index contributed by atoms with van der Waals surface area (Å²) in [6, 6.07) is 8.29. The van der Waals surface area contributed by atoms with Crippen LogP contribution in [-0.4, -0.2) is 19.0 Å². The van der Waals surface area contributed by atoms with E-state index in [1.165, 1.54) is 11.1 Å². The summed E-state index contributed by atoms with van der Waals surface area (Å²) in [7, 11) is 0. The van der Waals surface area contributed by atoms with Gasteiger partial charge in [0.25, 0.3) is 0 Å². The van der Waals surface area contributed by atoms with Gasteiger partial charge in [-0.25, -0.2) is 0 Å². The Morgan fingerprint density at radius 1 is 1.39 bits per heavy atom. The van der Waals surface area contributed by atoms with Crippen molar-refractivity contribution in [3.8, 4) is 0 Å². The summed E-state index contributed by atoms with van der Waals surface area (Å²) in [6.45, 7) is 9.24. The minimum Gasteiger partial charge on any atom is -0.355 e. The fraction of sp³-hybridized carbons (Fsp3) is 0.533. The highest BCUT2D eigenvalue weighted by Gasteiger charge is 2.23. The van der Waals surface area contributed by atoms with Crippen LogP contribution in [0.4, 0.5) is 0 Å². The van der Waals surface area contributed by atoms with Crippen molar-refractivity contribution < 1.29 is 4.79 Å². The van der Waals surface area contributed by atoms with Gasteiger partial charge in [-0.1, -0.05) is 45.0 Å². The van der Waals surface area contributed by atoms with E-state index in [0.29, 0.717) is 13.1 Å². The standard InChI is InChI=1S/C15H24N2O/c1-11-7-5-6-8-13(11)15(3,4)10-17-14(18)12(2)9-16/h5-8,12H,9-10,16H2,1-4H3,(H,17,18). The van der Waals surface area contributed by atoms with Gasteiger partial charge in [0.2, 0.25) is 5.91 Å². The fourth-order valence-electron chi connectivity index (χ4n) is 2.02. The van der Waals surface area contributed by atoms with Gasteiger partial charge >= 0.3 is 0 Å². The molecule has 3 N–H and O–H groups in total. The molecule has 1 atom stereocenters. The molecule has 100 valence electrons. The Kier molecular flexibility index (Phi) is 4.91. The smallest absolute Gasteiger partial charge is 0.224 e. The first-order chi connectivity index (χ1) is 8.38. The van der Waals surface area contributed by atoms with Crippen molar-refractivity contribution in [2.75, 3.05) is 13.1 Å². The van der Waals surface area contributed by atoms with E-state index in [-0.39, 0.29) is 17.2 Å². The largest absolute Gasteiger partial charge is 0.355 e. The maximum atomic E-state index is 11.7. The zero-order valence-electron chi connectivity index (χ0n) is 11.8. The number of nitrogens with two attached hydrogens (primary N) is 1. The van der Waals surface area contributed by atoms with Gasteiger partial charge in [-0.15, -0.1) is 0 Å². The maximum absolute atomic E-state index is 11.7. The van der Waals surface area contributed by atoms with Gasteiger partial charge in [-0.05, 0) is 18.1 Å². The van der Waals surface area contributed by atoms with Crippen LogP contribution in [0.5, 0.6) is 0 Å². The van der Waals surface area contributed by atoms with Crippen molar-refractivity contribution >= 4 is 5.91 Å². The van der Waals surface area contributed by atoms with E-state index >= 15 is 0 Å². The van der Waals surface area contributed by atoms with Crippen LogP contribution in [0.25, 0.3) is 0 Å². The molecule has 0 saturated carbocycles. The molecule has 0 radical (unpaired) electrons. The number of rotatable bonds is 5. The molecule has 0 aliphatic heterocycles. The maximum Gasteiger partial charge on any atom is 0.224 e. The third-order valence-electron chi connectivity index (χ3n) is 3.38. The van der Waals surface area contributed by atoms with E-state index in [1.807, 2.05) is 19.1 Å². The molecule has 0 saturated heterocycles. The van der Waals surface area contributed by atoms with E-state index in [4.69, 9.17) is 5.73 Å². The number of benzene rings is 1. The molecule has 0 bridgehead atoms. The van der Waals surface area contributed by atoms with Gasteiger partial charge in [0.1, 0.15) is 0 Å². The van der Waals surface area contributed by atoms with Crippen LogP contribution in [0, 0.1) is 12.8 Å². The number of amides is 1. The first-order valence-electron chi connectivity index (χ1n) is 6.42. The van der Waals surface area contributed by atoms with Crippen molar-refractivity contribution in [2.45, 2.75) is 33.1 Å². The topological polar surface area (TPSA) is 55.1 Å². The van der Waals surface area contributed by atoms with E-state index in [0.717, 1.165) is 0 Å². The molecular formula is C15H24N2O. The second-order valence-electron chi connectivity index (χ2n) is 5.55. The van der Waals surface area contributed by atoms with Crippen molar-refractivity contribution in [3.63, 3.8) is 0 Å². The first-order valence-corrected chi connectivity index (χ1v) is 6.42. The van der Waals surface area contributed by atoms with Crippen molar-refractivity contribution in [1.29, 1.82) is 0 Å². The third kappa shape index (κ3) is 3.57. The number of carbonyl (C=O) groups excluding carboxylic acids is 1. The number of aryl methyl sites for hydroxylation is 1. The van der Waals surface area contributed by atoms with Gasteiger partial charge in [-0.2, -0.15) is 0 Å². The Bertz CT molecular complexity index is 413. The van der Waals surface area contributed by atoms with Gasteiger partial charge in [0.05, 0.1) is 0 Å². The number of hydrogen-bond donors (Lipinski definition) is 2. The summed E-state index contributed by atoms with van der Waals surface area (Å²) in [5.41, 5.74) is 7.94. The highest BCUT2D eigenvalue weighted by molar-refractivity contribution is 5.78. The van der Waals surface area contributed by atoms with Crippen LogP contribution >= 0.6 is 0 Å². The van der Waals surface area contributed by atoms with Crippen molar-refractivity contribution in [1.82, 2.24) is 5.32 Å². The molecule has 0 fully saturated rings. The summed E-state index contributed by atoms with van der Waals surface area (Å²) in [4.78, 5) is 11.7. The Morgan fingerprint density at radius 3 is 2.56 bits per heavy atom. The second kappa shape index (κ2) is 6.01. The Hall–Kier alpha value is -1.35. The quantitative estimate of drug-likeness (QED) is 0.837. The lowest BCUT2D eigenvalue weighted by molar-refractivity contribution is -0.124. The minimum absolute atomic E-state index is 0.0270. The summed E-state index contributed by atoms with van der Waals surface area (Å²) >= 11 is 0. The minimum atomic E-state index is -0.127. The molecule has 3 heteroatoms. The number of carbonyl (C=O) groups is 1. The third-order valence-corrected chi connectivity index (χ3v) is 3.38. The molecule has 1 aromatic carbocycles. The van der Waals surface area contributed by atoms with E-state index in [2.05, 4.69) is 38.2 Å². The van der Waals surface area contributed by atoms with E-state index in [9.17, 15) is 4.79 Å². The van der Waals surface area contributed by atoms with Gasteiger partial charge in [0, 0.05) is 24.4 Å². The fourth-order valence-corrected chi connectivity index (χ4v) is 2.02. The van der Waals surface area contributed by atoms with E-state index < -0.39 is 0 Å². The van der Waals surface area contributed by atoms with Gasteiger partial charge < -0.3 is 11.1 Å². The highest BCUT2D eigenvalue weighted by atomic mass is 16.1. The highest BCUT2D eigenvalue weighted by Crippen LogP contribution is 2.25. The predicted octanol–water partition coefficient (Wildman–Crippen LogP) is 1.98. The molecule has 0 aromatic heterocycles. The van der Waals surface area contributed by atoms with Crippen LogP contribution < -0.4 is 11.1 Å². The SMILES string of the molecule is Cc1ccccc1C(C)(C)CNC(=O)C(C)CN. The normalized spacial score (nSPS) is 13.2. The van der Waals surface area contributed by atoms with Crippen molar-refractivity contribution in [2.24, 2.45) is 11.7 Å². The average molecular weight is 248 g/mol. The lowest BCUT2D eigenvalue weighted by atomic mass is 9.82. The van der Waals surface area contributed by atoms with E-state index in [1.54, 1.807) is 0 Å². The summed E-state index contributed by atoms with van der Waals surface area (Å²) in [5, 5.41) is 2.98. The molecule has 0 spiro atoms. The molecule has 0 aliphatic rings. The number of nitrogens with one attached hydrogen (secondary N) is 1. The molecule has 1 unspecified atom stereocenters. The molecule has 0 aliphatic carbocycles. The average Bonchev–Trinajstić information content (AvgIpc) is 2.35. The molecule has 1 amide bonds. The lowest BCUT2D eigenvalue weighted by Crippen LogP contribution is -2.41. The molecule has 1 rings (SSSR count). The van der Waals surface area contributed by atoms with Crippen LogP contribution in [0.3, 0.4) is 0 Å². The van der Waals surface area contributed by atoms with Crippen molar-refractivity contribution in [3.05, 3.63) is 35.4 Å². The first kappa shape index (κ1) is 14.7. The lowest BCUT2D eigenvalue weighted by Gasteiger charge is -2.28. The predicted molar refractivity (Wildman–Crippen MR) is 75.4 cm³/mol. The Morgan fingerprint density at radius 2 is 2.00 bits per heavy atom. The zero-order valence-corrected chi connectivity index (χ0v) is 11.8. The Balaban J connectivity index is 2.71. The molecule has 0 heterocycles.